The van der Waals surface area contributed by atoms with Crippen LogP contribution in [-0.2, 0) is 6.18 Å². The zero-order valence-electron chi connectivity index (χ0n) is 15.5. The molecular weight excluding hydrogens is 381 g/mol. The number of pyridine rings is 1. The lowest BCUT2D eigenvalue weighted by Gasteiger charge is -2.32. The summed E-state index contributed by atoms with van der Waals surface area (Å²) in [5.41, 5.74) is -0.132. The minimum Gasteiger partial charge on any atom is -0.474 e. The van der Waals surface area contributed by atoms with Gasteiger partial charge in [-0.3, -0.25) is 4.79 Å². The largest absolute Gasteiger partial charge is 0.474 e. The van der Waals surface area contributed by atoms with Crippen molar-refractivity contribution in [2.45, 2.75) is 25.1 Å². The van der Waals surface area contributed by atoms with Crippen LogP contribution in [-0.4, -0.2) is 35.0 Å². The van der Waals surface area contributed by atoms with Crippen LogP contribution < -0.4 is 4.74 Å². The monoisotopic (exact) mass is 400 g/mol. The summed E-state index contributed by atoms with van der Waals surface area (Å²) in [6, 6.07) is 15.6. The summed E-state index contributed by atoms with van der Waals surface area (Å²) in [5, 5.41) is 1.94. The molecule has 1 aliphatic rings. The maximum atomic E-state index is 13.0. The minimum atomic E-state index is -4.42. The molecule has 1 amide bonds. The van der Waals surface area contributed by atoms with Gasteiger partial charge in [-0.1, -0.05) is 36.4 Å². The molecule has 0 saturated carbocycles. The molecule has 150 valence electrons. The second-order valence-corrected chi connectivity index (χ2v) is 7.02. The molecule has 0 atom stereocenters. The highest BCUT2D eigenvalue weighted by atomic mass is 19.4. The average molecular weight is 400 g/mol. The van der Waals surface area contributed by atoms with Gasteiger partial charge in [-0.2, -0.15) is 13.2 Å². The number of alkyl halides is 3. The number of aromatic nitrogens is 1. The van der Waals surface area contributed by atoms with Gasteiger partial charge in [-0.15, -0.1) is 0 Å². The second-order valence-electron chi connectivity index (χ2n) is 7.02. The molecule has 0 radical (unpaired) electrons. The molecular formula is C22H19F3N2O2. The summed E-state index contributed by atoms with van der Waals surface area (Å²) in [6.45, 7) is 1.04. The highest BCUT2D eigenvalue weighted by Crippen LogP contribution is 2.30. The van der Waals surface area contributed by atoms with E-state index in [1.165, 1.54) is 6.07 Å². The second kappa shape index (κ2) is 7.73. The Bertz CT molecular complexity index is 1010. The highest BCUT2D eigenvalue weighted by molar-refractivity contribution is 6.07. The molecule has 1 aliphatic heterocycles. The third-order valence-corrected chi connectivity index (χ3v) is 5.10. The van der Waals surface area contributed by atoms with Crippen LogP contribution in [0.5, 0.6) is 5.88 Å². The van der Waals surface area contributed by atoms with Gasteiger partial charge in [0.25, 0.3) is 5.91 Å². The number of hydrogen-bond acceptors (Lipinski definition) is 3. The van der Waals surface area contributed by atoms with Crippen LogP contribution >= 0.6 is 0 Å². The van der Waals surface area contributed by atoms with Crippen LogP contribution in [0.15, 0.2) is 60.8 Å². The Kier molecular flexibility index (Phi) is 5.13. The number of halogens is 3. The van der Waals surface area contributed by atoms with Crippen LogP contribution in [0.25, 0.3) is 10.8 Å². The molecule has 1 aromatic heterocycles. The molecule has 2 aromatic carbocycles. The number of likely N-dealkylation sites (tertiary alicyclic amines) is 1. The van der Waals surface area contributed by atoms with Gasteiger partial charge in [0.15, 0.2) is 0 Å². The van der Waals surface area contributed by atoms with E-state index in [2.05, 4.69) is 4.98 Å². The summed E-state index contributed by atoms with van der Waals surface area (Å²) in [4.78, 5) is 18.5. The van der Waals surface area contributed by atoms with E-state index in [-0.39, 0.29) is 17.9 Å². The quantitative estimate of drug-likeness (QED) is 0.626. The topological polar surface area (TPSA) is 42.4 Å². The summed E-state index contributed by atoms with van der Waals surface area (Å²) >= 11 is 0. The van der Waals surface area contributed by atoms with E-state index in [1.54, 1.807) is 4.90 Å². The Morgan fingerprint density at radius 2 is 1.72 bits per heavy atom. The summed E-state index contributed by atoms with van der Waals surface area (Å²) in [7, 11) is 0. The molecule has 0 spiro atoms. The number of carbonyl (C=O) groups is 1. The summed E-state index contributed by atoms with van der Waals surface area (Å²) < 4.78 is 43.6. The Morgan fingerprint density at radius 3 is 2.41 bits per heavy atom. The molecule has 4 nitrogen and oxygen atoms in total. The standard InChI is InChI=1S/C22H19F3N2O2/c23-22(24,25)16-8-9-20(26-14-16)29-17-10-12-27(13-11-17)21(28)19-7-3-5-15-4-1-2-6-18(15)19/h1-9,14,17H,10-13H2. The molecule has 1 saturated heterocycles. The Labute approximate surface area is 165 Å². The highest BCUT2D eigenvalue weighted by Gasteiger charge is 2.31. The van der Waals surface area contributed by atoms with E-state index in [1.807, 2.05) is 42.5 Å². The fourth-order valence-corrected chi connectivity index (χ4v) is 3.55. The fourth-order valence-electron chi connectivity index (χ4n) is 3.55. The van der Waals surface area contributed by atoms with Crippen molar-refractivity contribution in [3.8, 4) is 5.88 Å². The van der Waals surface area contributed by atoms with Crippen molar-refractivity contribution < 1.29 is 22.7 Å². The Hall–Kier alpha value is -3.09. The van der Waals surface area contributed by atoms with E-state index in [0.29, 0.717) is 31.5 Å². The summed E-state index contributed by atoms with van der Waals surface area (Å²) in [5.74, 6) is 0.143. The SMILES string of the molecule is O=C(c1cccc2ccccc12)N1CCC(Oc2ccc(C(F)(F)F)cn2)CC1. The number of carbonyl (C=O) groups excluding carboxylic acids is 1. The first kappa shape index (κ1) is 19.2. The Balaban J connectivity index is 1.38. The third kappa shape index (κ3) is 4.18. The minimum absolute atomic E-state index is 0.0205. The van der Waals surface area contributed by atoms with E-state index in [0.717, 1.165) is 23.0 Å². The predicted molar refractivity (Wildman–Crippen MR) is 103 cm³/mol. The van der Waals surface area contributed by atoms with Gasteiger partial charge < -0.3 is 9.64 Å². The lowest BCUT2D eigenvalue weighted by molar-refractivity contribution is -0.137. The number of piperidine rings is 1. The maximum absolute atomic E-state index is 13.0. The first-order valence-electron chi connectivity index (χ1n) is 9.39. The van der Waals surface area contributed by atoms with E-state index in [9.17, 15) is 18.0 Å². The number of hydrogen-bond donors (Lipinski definition) is 0. The average Bonchev–Trinajstić information content (AvgIpc) is 2.73. The van der Waals surface area contributed by atoms with Gasteiger partial charge in [0.05, 0.1) is 5.56 Å². The number of ether oxygens (including phenoxy) is 1. The molecule has 1 fully saturated rings. The lowest BCUT2D eigenvalue weighted by atomic mass is 10.0. The molecule has 0 N–H and O–H groups in total. The number of rotatable bonds is 3. The molecule has 0 unspecified atom stereocenters. The molecule has 29 heavy (non-hydrogen) atoms. The molecule has 2 heterocycles. The van der Waals surface area contributed by atoms with Crippen LogP contribution in [0.1, 0.15) is 28.8 Å². The van der Waals surface area contributed by atoms with E-state index in [4.69, 9.17) is 4.74 Å². The number of fused-ring (bicyclic) bond motifs is 1. The van der Waals surface area contributed by atoms with Gasteiger partial charge in [0, 0.05) is 43.8 Å². The van der Waals surface area contributed by atoms with Crippen molar-refractivity contribution in [1.29, 1.82) is 0 Å². The predicted octanol–water partition coefficient (Wildman–Crippen LogP) is 4.94. The molecule has 0 bridgehead atoms. The molecule has 0 aliphatic carbocycles. The number of nitrogens with zero attached hydrogens (tertiary/aromatic N) is 2. The van der Waals surface area contributed by atoms with Crippen LogP contribution in [0, 0.1) is 0 Å². The smallest absolute Gasteiger partial charge is 0.417 e. The van der Waals surface area contributed by atoms with Crippen molar-refractivity contribution in [1.82, 2.24) is 9.88 Å². The zero-order chi connectivity index (χ0) is 20.4. The van der Waals surface area contributed by atoms with Crippen molar-refractivity contribution in [3.63, 3.8) is 0 Å². The van der Waals surface area contributed by atoms with Crippen LogP contribution in [0.2, 0.25) is 0 Å². The number of benzene rings is 2. The van der Waals surface area contributed by atoms with Crippen molar-refractivity contribution in [2.75, 3.05) is 13.1 Å². The molecule has 3 aromatic rings. The van der Waals surface area contributed by atoms with Gasteiger partial charge in [-0.25, -0.2) is 4.98 Å². The molecule has 7 heteroatoms. The first-order valence-corrected chi connectivity index (χ1v) is 9.39. The Morgan fingerprint density at radius 1 is 1.00 bits per heavy atom. The number of amides is 1. The van der Waals surface area contributed by atoms with Crippen molar-refractivity contribution >= 4 is 16.7 Å². The first-order chi connectivity index (χ1) is 13.9. The maximum Gasteiger partial charge on any atom is 0.417 e. The zero-order valence-corrected chi connectivity index (χ0v) is 15.5. The van der Waals surface area contributed by atoms with Crippen molar-refractivity contribution in [3.05, 3.63) is 71.9 Å². The van der Waals surface area contributed by atoms with E-state index >= 15 is 0 Å². The summed E-state index contributed by atoms with van der Waals surface area (Å²) in [6.07, 6.45) is -2.64. The van der Waals surface area contributed by atoms with E-state index < -0.39 is 11.7 Å². The van der Waals surface area contributed by atoms with Crippen LogP contribution in [0.3, 0.4) is 0 Å². The van der Waals surface area contributed by atoms with Gasteiger partial charge in [-0.05, 0) is 22.9 Å². The lowest BCUT2D eigenvalue weighted by Crippen LogP contribution is -2.41. The van der Waals surface area contributed by atoms with Crippen LogP contribution in [0.4, 0.5) is 13.2 Å². The fraction of sp³-hybridized carbons (Fsp3) is 0.273. The third-order valence-electron chi connectivity index (χ3n) is 5.10. The van der Waals surface area contributed by atoms with Gasteiger partial charge in [0.2, 0.25) is 5.88 Å². The van der Waals surface area contributed by atoms with Gasteiger partial charge >= 0.3 is 6.18 Å². The van der Waals surface area contributed by atoms with Crippen molar-refractivity contribution in [2.24, 2.45) is 0 Å². The normalized spacial score (nSPS) is 15.5. The molecule has 4 rings (SSSR count). The van der Waals surface area contributed by atoms with Gasteiger partial charge in [0.1, 0.15) is 6.10 Å².